The molecule has 0 aliphatic carbocycles. The van der Waals surface area contributed by atoms with Crippen molar-refractivity contribution in [3.63, 3.8) is 0 Å². The second-order valence-electron chi connectivity index (χ2n) is 6.93. The van der Waals surface area contributed by atoms with Gasteiger partial charge in [0.1, 0.15) is 18.1 Å². The van der Waals surface area contributed by atoms with E-state index in [9.17, 15) is 29.4 Å². The van der Waals surface area contributed by atoms with Gasteiger partial charge in [-0.2, -0.15) is 0 Å². The average Bonchev–Trinajstić information content (AvgIpc) is 2.59. The maximum Gasteiger partial charge on any atom is 0.326 e. The Balaban J connectivity index is 5.39. The Morgan fingerprint density at radius 1 is 0.889 bits per heavy atom. The van der Waals surface area contributed by atoms with E-state index >= 15 is 0 Å². The third kappa shape index (κ3) is 7.92. The van der Waals surface area contributed by atoms with Crippen LogP contribution < -0.4 is 21.7 Å². The number of carbonyl (C=O) groups excluding carboxylic acids is 3. The van der Waals surface area contributed by atoms with Gasteiger partial charge in [0.25, 0.3) is 0 Å². The summed E-state index contributed by atoms with van der Waals surface area (Å²) in [5.74, 6) is -3.88. The molecule has 3 amide bonds. The Labute approximate surface area is 159 Å². The van der Waals surface area contributed by atoms with E-state index in [0.29, 0.717) is 6.42 Å². The van der Waals surface area contributed by atoms with Crippen LogP contribution in [0.1, 0.15) is 41.0 Å². The monoisotopic (exact) mass is 388 g/mol. The van der Waals surface area contributed by atoms with Crippen LogP contribution in [-0.4, -0.2) is 64.7 Å². The van der Waals surface area contributed by atoms with Crippen LogP contribution in [0, 0.1) is 11.8 Å². The van der Waals surface area contributed by atoms with Gasteiger partial charge in [-0.3, -0.25) is 14.4 Å². The molecule has 0 aromatic heterocycles. The van der Waals surface area contributed by atoms with Gasteiger partial charge in [-0.05, 0) is 18.8 Å². The fourth-order valence-corrected chi connectivity index (χ4v) is 2.34. The number of nitrogens with one attached hydrogen (secondary N) is 3. The molecule has 0 saturated heterocycles. The Morgan fingerprint density at radius 3 is 1.74 bits per heavy atom. The largest absolute Gasteiger partial charge is 0.480 e. The molecular weight excluding hydrogens is 356 g/mol. The smallest absolute Gasteiger partial charge is 0.326 e. The third-order valence-electron chi connectivity index (χ3n) is 4.29. The highest BCUT2D eigenvalue weighted by molar-refractivity contribution is 5.94. The number of hydrogen-bond donors (Lipinski definition) is 6. The van der Waals surface area contributed by atoms with Gasteiger partial charge in [0.15, 0.2) is 0 Å². The summed E-state index contributed by atoms with van der Waals surface area (Å²) in [5, 5.41) is 26.2. The number of aliphatic hydroxyl groups excluding tert-OH is 1. The van der Waals surface area contributed by atoms with Crippen LogP contribution in [0.15, 0.2) is 0 Å². The number of nitrogens with two attached hydrogens (primary N) is 1. The van der Waals surface area contributed by atoms with Gasteiger partial charge in [0, 0.05) is 0 Å². The first-order valence-corrected chi connectivity index (χ1v) is 8.97. The molecule has 7 N–H and O–H groups in total. The van der Waals surface area contributed by atoms with Crippen LogP contribution in [0.25, 0.3) is 0 Å². The van der Waals surface area contributed by atoms with Gasteiger partial charge in [-0.15, -0.1) is 0 Å². The van der Waals surface area contributed by atoms with E-state index < -0.39 is 47.9 Å². The van der Waals surface area contributed by atoms with Crippen molar-refractivity contribution in [3.8, 4) is 0 Å². The van der Waals surface area contributed by atoms with E-state index in [-0.39, 0.29) is 18.4 Å². The van der Waals surface area contributed by atoms with E-state index in [0.717, 1.165) is 0 Å². The molecule has 5 atom stereocenters. The standard InChI is InChI=1S/C17H32N4O6/c1-6-9(4)13(15(24)20-12(8(2)3)17(26)27)21-16(25)14(10(5)22)19-11(23)7-18/h8-10,12-14,22H,6-7,18H2,1-5H3,(H,19,23)(H,20,24)(H,21,25)(H,26,27). The first kappa shape index (κ1) is 24.8. The van der Waals surface area contributed by atoms with Gasteiger partial charge in [0.05, 0.1) is 12.6 Å². The topological polar surface area (TPSA) is 171 Å². The van der Waals surface area contributed by atoms with Gasteiger partial charge >= 0.3 is 5.97 Å². The lowest BCUT2D eigenvalue weighted by molar-refractivity contribution is -0.144. The van der Waals surface area contributed by atoms with Crippen LogP contribution in [0.4, 0.5) is 0 Å². The van der Waals surface area contributed by atoms with Crippen molar-refractivity contribution in [1.29, 1.82) is 0 Å². The van der Waals surface area contributed by atoms with E-state index in [1.54, 1.807) is 20.8 Å². The molecule has 0 spiro atoms. The lowest BCUT2D eigenvalue weighted by atomic mass is 9.96. The molecule has 27 heavy (non-hydrogen) atoms. The van der Waals surface area contributed by atoms with E-state index in [1.165, 1.54) is 6.92 Å². The predicted molar refractivity (Wildman–Crippen MR) is 98.5 cm³/mol. The highest BCUT2D eigenvalue weighted by Crippen LogP contribution is 2.11. The fourth-order valence-electron chi connectivity index (χ4n) is 2.34. The van der Waals surface area contributed by atoms with Crippen LogP contribution in [0.2, 0.25) is 0 Å². The number of aliphatic hydroxyl groups is 1. The van der Waals surface area contributed by atoms with Crippen molar-refractivity contribution in [1.82, 2.24) is 16.0 Å². The van der Waals surface area contributed by atoms with E-state index in [2.05, 4.69) is 16.0 Å². The maximum atomic E-state index is 12.6. The predicted octanol–water partition coefficient (Wildman–Crippen LogP) is -1.43. The molecule has 0 fully saturated rings. The van der Waals surface area contributed by atoms with Crippen molar-refractivity contribution in [3.05, 3.63) is 0 Å². The number of carbonyl (C=O) groups is 4. The summed E-state index contributed by atoms with van der Waals surface area (Å²) in [6.45, 7) is 7.81. The van der Waals surface area contributed by atoms with Crippen molar-refractivity contribution >= 4 is 23.7 Å². The summed E-state index contributed by atoms with van der Waals surface area (Å²) >= 11 is 0. The van der Waals surface area contributed by atoms with Crippen LogP contribution >= 0.6 is 0 Å². The van der Waals surface area contributed by atoms with Crippen molar-refractivity contribution < 1.29 is 29.4 Å². The number of carboxylic acids is 1. The highest BCUT2D eigenvalue weighted by Gasteiger charge is 2.34. The molecule has 156 valence electrons. The second kappa shape index (κ2) is 11.5. The highest BCUT2D eigenvalue weighted by atomic mass is 16.4. The minimum Gasteiger partial charge on any atom is -0.480 e. The summed E-state index contributed by atoms with van der Waals surface area (Å²) in [6, 6.07) is -3.43. The molecular formula is C17H32N4O6. The van der Waals surface area contributed by atoms with Gasteiger partial charge in [-0.25, -0.2) is 4.79 Å². The van der Waals surface area contributed by atoms with Gasteiger partial charge in [-0.1, -0.05) is 34.1 Å². The van der Waals surface area contributed by atoms with Crippen molar-refractivity contribution in [2.24, 2.45) is 17.6 Å². The molecule has 0 rings (SSSR count). The molecule has 0 aromatic rings. The zero-order valence-corrected chi connectivity index (χ0v) is 16.5. The number of aliphatic carboxylic acids is 1. The maximum absolute atomic E-state index is 12.6. The molecule has 5 unspecified atom stereocenters. The lowest BCUT2D eigenvalue weighted by Crippen LogP contribution is -2.60. The van der Waals surface area contributed by atoms with Crippen molar-refractivity contribution in [2.75, 3.05) is 6.54 Å². The van der Waals surface area contributed by atoms with Gasteiger partial charge < -0.3 is 31.9 Å². The summed E-state index contributed by atoms with van der Waals surface area (Å²) in [5.41, 5.74) is 5.21. The lowest BCUT2D eigenvalue weighted by Gasteiger charge is -2.29. The Morgan fingerprint density at radius 2 is 1.37 bits per heavy atom. The first-order valence-electron chi connectivity index (χ1n) is 8.97. The summed E-state index contributed by atoms with van der Waals surface area (Å²) < 4.78 is 0. The number of hydrogen-bond acceptors (Lipinski definition) is 6. The number of rotatable bonds is 11. The van der Waals surface area contributed by atoms with E-state index in [1.807, 2.05) is 6.92 Å². The molecule has 0 heterocycles. The SMILES string of the molecule is CCC(C)C(NC(=O)C(NC(=O)CN)C(C)O)C(=O)NC(C(=O)O)C(C)C. The van der Waals surface area contributed by atoms with E-state index in [4.69, 9.17) is 5.73 Å². The van der Waals surface area contributed by atoms with Crippen LogP contribution in [0.3, 0.4) is 0 Å². The molecule has 10 heteroatoms. The molecule has 0 saturated carbocycles. The fraction of sp³-hybridized carbons (Fsp3) is 0.765. The third-order valence-corrected chi connectivity index (χ3v) is 4.29. The minimum atomic E-state index is -1.29. The molecule has 0 bridgehead atoms. The Kier molecular flexibility index (Phi) is 10.6. The quantitative estimate of drug-likeness (QED) is 0.252. The van der Waals surface area contributed by atoms with Gasteiger partial charge in [0.2, 0.25) is 17.7 Å². The molecule has 0 aliphatic rings. The zero-order valence-electron chi connectivity index (χ0n) is 16.5. The Hall–Kier alpha value is -2.20. The molecule has 0 radical (unpaired) electrons. The number of carboxylic acid groups (broad SMARTS) is 1. The summed E-state index contributed by atoms with van der Waals surface area (Å²) in [4.78, 5) is 47.9. The molecule has 0 aromatic carbocycles. The van der Waals surface area contributed by atoms with Crippen LogP contribution in [0.5, 0.6) is 0 Å². The second-order valence-corrected chi connectivity index (χ2v) is 6.93. The number of amides is 3. The zero-order chi connectivity index (χ0) is 21.3. The minimum absolute atomic E-state index is 0.310. The summed E-state index contributed by atoms with van der Waals surface area (Å²) in [6.07, 6.45) is -0.685. The molecule has 0 aliphatic heterocycles. The average molecular weight is 388 g/mol. The normalized spacial score (nSPS) is 16.6. The molecule has 10 nitrogen and oxygen atoms in total. The summed E-state index contributed by atoms with van der Waals surface area (Å²) in [7, 11) is 0. The first-order chi connectivity index (χ1) is 12.5. The Bertz CT molecular complexity index is 538. The van der Waals surface area contributed by atoms with Crippen LogP contribution in [-0.2, 0) is 19.2 Å². The van der Waals surface area contributed by atoms with Crippen molar-refractivity contribution in [2.45, 2.75) is 65.3 Å².